The zero-order chi connectivity index (χ0) is 11.0. The van der Waals surface area contributed by atoms with Gasteiger partial charge in [0.05, 0.1) is 5.39 Å². The SMILES string of the molecule is Cc1cnc2occ(C(=O)O)c(=O)c2c1. The maximum atomic E-state index is 11.6. The van der Waals surface area contributed by atoms with Gasteiger partial charge in [0.25, 0.3) is 0 Å². The summed E-state index contributed by atoms with van der Waals surface area (Å²) in [4.78, 5) is 26.2. The molecule has 76 valence electrons. The van der Waals surface area contributed by atoms with Crippen LogP contribution in [-0.2, 0) is 0 Å². The number of hydrogen-bond acceptors (Lipinski definition) is 4. The van der Waals surface area contributed by atoms with Crippen LogP contribution in [-0.4, -0.2) is 16.1 Å². The Bertz CT molecular complexity index is 600. The maximum Gasteiger partial charge on any atom is 0.342 e. The number of aromatic carboxylic acids is 1. The highest BCUT2D eigenvalue weighted by molar-refractivity contribution is 5.90. The van der Waals surface area contributed by atoms with Gasteiger partial charge in [0, 0.05) is 6.20 Å². The monoisotopic (exact) mass is 205 g/mol. The lowest BCUT2D eigenvalue weighted by molar-refractivity contribution is 0.0693. The molecular weight excluding hydrogens is 198 g/mol. The van der Waals surface area contributed by atoms with Gasteiger partial charge in [-0.2, -0.15) is 0 Å². The van der Waals surface area contributed by atoms with Crippen molar-refractivity contribution in [3.8, 4) is 0 Å². The Labute approximate surface area is 84.0 Å². The fourth-order valence-electron chi connectivity index (χ4n) is 1.27. The molecule has 0 atom stereocenters. The molecule has 2 aromatic rings. The van der Waals surface area contributed by atoms with Crippen LogP contribution in [0.3, 0.4) is 0 Å². The largest absolute Gasteiger partial charge is 0.477 e. The third-order valence-corrected chi connectivity index (χ3v) is 2.00. The molecule has 0 aliphatic heterocycles. The van der Waals surface area contributed by atoms with Gasteiger partial charge in [-0.25, -0.2) is 9.78 Å². The zero-order valence-corrected chi connectivity index (χ0v) is 7.85. The molecule has 0 aliphatic rings. The molecule has 0 fully saturated rings. The van der Waals surface area contributed by atoms with E-state index in [0.717, 1.165) is 11.8 Å². The molecule has 0 aromatic carbocycles. The topological polar surface area (TPSA) is 80.4 Å². The first-order chi connectivity index (χ1) is 7.09. The molecule has 2 rings (SSSR count). The maximum absolute atomic E-state index is 11.6. The van der Waals surface area contributed by atoms with Crippen molar-refractivity contribution < 1.29 is 14.3 Å². The van der Waals surface area contributed by atoms with Crippen LogP contribution >= 0.6 is 0 Å². The molecule has 0 saturated heterocycles. The van der Waals surface area contributed by atoms with E-state index in [1.165, 1.54) is 0 Å². The van der Waals surface area contributed by atoms with Crippen molar-refractivity contribution >= 4 is 17.1 Å². The van der Waals surface area contributed by atoms with E-state index >= 15 is 0 Å². The number of fused-ring (bicyclic) bond motifs is 1. The summed E-state index contributed by atoms with van der Waals surface area (Å²) in [5, 5.41) is 8.90. The van der Waals surface area contributed by atoms with Crippen LogP contribution in [0.2, 0.25) is 0 Å². The average Bonchev–Trinajstić information content (AvgIpc) is 2.19. The summed E-state index contributed by atoms with van der Waals surface area (Å²) in [5.74, 6) is -1.30. The Hall–Kier alpha value is -2.17. The van der Waals surface area contributed by atoms with Crippen molar-refractivity contribution in [3.05, 3.63) is 39.9 Å². The summed E-state index contributed by atoms with van der Waals surface area (Å²) in [6, 6.07) is 1.56. The van der Waals surface area contributed by atoms with Crippen LogP contribution in [0.15, 0.2) is 27.7 Å². The van der Waals surface area contributed by atoms with E-state index in [1.807, 2.05) is 0 Å². The second-order valence-corrected chi connectivity index (χ2v) is 3.15. The van der Waals surface area contributed by atoms with Gasteiger partial charge in [0.2, 0.25) is 11.1 Å². The predicted molar refractivity (Wildman–Crippen MR) is 52.0 cm³/mol. The minimum atomic E-state index is -1.30. The molecule has 0 aliphatic carbocycles. The molecule has 1 N–H and O–H groups in total. The van der Waals surface area contributed by atoms with E-state index < -0.39 is 11.4 Å². The molecular formula is C10H7NO4. The number of nitrogens with zero attached hydrogens (tertiary/aromatic N) is 1. The molecule has 5 nitrogen and oxygen atoms in total. The van der Waals surface area contributed by atoms with E-state index in [1.54, 1.807) is 19.2 Å². The van der Waals surface area contributed by atoms with Crippen LogP contribution in [0, 0.1) is 6.92 Å². The van der Waals surface area contributed by atoms with E-state index in [0.29, 0.717) is 0 Å². The first-order valence-corrected chi connectivity index (χ1v) is 4.21. The number of hydrogen-bond donors (Lipinski definition) is 1. The van der Waals surface area contributed by atoms with Crippen molar-refractivity contribution in [2.24, 2.45) is 0 Å². The minimum absolute atomic E-state index is 0.149. The predicted octanol–water partition coefficient (Wildman–Crippen LogP) is 1.19. The van der Waals surface area contributed by atoms with Gasteiger partial charge >= 0.3 is 5.97 Å². The third-order valence-electron chi connectivity index (χ3n) is 2.00. The minimum Gasteiger partial charge on any atom is -0.477 e. The van der Waals surface area contributed by atoms with Crippen LogP contribution in [0.25, 0.3) is 11.1 Å². The first-order valence-electron chi connectivity index (χ1n) is 4.21. The molecule has 2 aromatic heterocycles. The summed E-state index contributed by atoms with van der Waals surface area (Å²) in [6.45, 7) is 1.76. The van der Waals surface area contributed by atoms with E-state index in [2.05, 4.69) is 4.98 Å². The number of carboxylic acid groups (broad SMARTS) is 1. The van der Waals surface area contributed by atoms with Crippen LogP contribution in [0.4, 0.5) is 0 Å². The molecule has 0 unspecified atom stereocenters. The number of pyridine rings is 1. The standard InChI is InChI=1S/C10H7NO4/c1-5-2-6-8(12)7(10(13)14)4-15-9(6)11-3-5/h2-4H,1H3,(H,13,14). The van der Waals surface area contributed by atoms with E-state index in [9.17, 15) is 9.59 Å². The number of rotatable bonds is 1. The quantitative estimate of drug-likeness (QED) is 0.756. The summed E-state index contributed by atoms with van der Waals surface area (Å²) >= 11 is 0. The molecule has 15 heavy (non-hydrogen) atoms. The third kappa shape index (κ3) is 1.48. The summed E-state index contributed by atoms with van der Waals surface area (Å²) in [7, 11) is 0. The lowest BCUT2D eigenvalue weighted by Crippen LogP contribution is -2.14. The van der Waals surface area contributed by atoms with Crippen molar-refractivity contribution in [1.29, 1.82) is 0 Å². The molecule has 0 spiro atoms. The number of carbonyl (C=O) groups is 1. The van der Waals surface area contributed by atoms with Crippen LogP contribution in [0.5, 0.6) is 0 Å². The number of aromatic nitrogens is 1. The Morgan fingerprint density at radius 3 is 2.93 bits per heavy atom. The van der Waals surface area contributed by atoms with Crippen molar-refractivity contribution in [1.82, 2.24) is 4.98 Å². The lowest BCUT2D eigenvalue weighted by atomic mass is 10.2. The Morgan fingerprint density at radius 2 is 2.27 bits per heavy atom. The van der Waals surface area contributed by atoms with Gasteiger partial charge < -0.3 is 9.52 Å². The highest BCUT2D eigenvalue weighted by Crippen LogP contribution is 2.09. The van der Waals surface area contributed by atoms with Gasteiger partial charge in [0.1, 0.15) is 11.8 Å². The second kappa shape index (κ2) is 3.20. The van der Waals surface area contributed by atoms with Gasteiger partial charge in [-0.1, -0.05) is 0 Å². The summed E-state index contributed by atoms with van der Waals surface area (Å²) in [6.07, 6.45) is 2.46. The summed E-state index contributed by atoms with van der Waals surface area (Å²) in [5.41, 5.74) is -0.0252. The highest BCUT2D eigenvalue weighted by atomic mass is 16.4. The molecule has 5 heteroatoms. The fourth-order valence-corrected chi connectivity index (χ4v) is 1.27. The van der Waals surface area contributed by atoms with Gasteiger partial charge in [0.15, 0.2) is 0 Å². The van der Waals surface area contributed by atoms with E-state index in [-0.39, 0.29) is 16.7 Å². The smallest absolute Gasteiger partial charge is 0.342 e. The Balaban J connectivity index is 2.89. The highest BCUT2D eigenvalue weighted by Gasteiger charge is 2.13. The molecule has 2 heterocycles. The van der Waals surface area contributed by atoms with Crippen molar-refractivity contribution in [2.45, 2.75) is 6.92 Å². The van der Waals surface area contributed by atoms with Crippen LogP contribution < -0.4 is 5.43 Å². The van der Waals surface area contributed by atoms with Gasteiger partial charge in [-0.15, -0.1) is 0 Å². The fraction of sp³-hybridized carbons (Fsp3) is 0.100. The first kappa shape index (κ1) is 9.39. The molecule has 0 radical (unpaired) electrons. The summed E-state index contributed by atoms with van der Waals surface area (Å²) < 4.78 is 4.95. The molecule has 0 bridgehead atoms. The van der Waals surface area contributed by atoms with Crippen molar-refractivity contribution in [3.63, 3.8) is 0 Å². The number of aryl methyl sites for hydroxylation is 1. The zero-order valence-electron chi connectivity index (χ0n) is 7.85. The Morgan fingerprint density at radius 1 is 1.53 bits per heavy atom. The van der Waals surface area contributed by atoms with Crippen molar-refractivity contribution in [2.75, 3.05) is 0 Å². The van der Waals surface area contributed by atoms with Gasteiger partial charge in [-0.05, 0) is 18.6 Å². The normalized spacial score (nSPS) is 10.5. The van der Waals surface area contributed by atoms with E-state index in [4.69, 9.17) is 9.52 Å². The lowest BCUT2D eigenvalue weighted by Gasteiger charge is -1.98. The van der Waals surface area contributed by atoms with Gasteiger partial charge in [-0.3, -0.25) is 4.79 Å². The molecule has 0 saturated carbocycles. The average molecular weight is 205 g/mol. The molecule has 0 amide bonds. The van der Waals surface area contributed by atoms with Crippen LogP contribution in [0.1, 0.15) is 15.9 Å². The second-order valence-electron chi connectivity index (χ2n) is 3.15. The number of carboxylic acids is 1. The Kier molecular flexibility index (Phi) is 2.00.